The highest BCUT2D eigenvalue weighted by Crippen LogP contribution is 1.91. The van der Waals surface area contributed by atoms with Crippen molar-refractivity contribution in [1.29, 1.82) is 0 Å². The molecule has 34 heavy (non-hydrogen) atoms. The Morgan fingerprint density at radius 1 is 0.765 bits per heavy atom. The first kappa shape index (κ1) is 51.6. The number of hydrogen-bond acceptors (Lipinski definition) is 13. The van der Waals surface area contributed by atoms with E-state index in [2.05, 4.69) is 47.9 Å². The minimum Gasteiger partial charge on any atom is -0.273 e. The minimum atomic E-state index is -5.12. The lowest BCUT2D eigenvalue weighted by atomic mass is 12.0. The van der Waals surface area contributed by atoms with Gasteiger partial charge in [-0.2, -0.15) is 25.3 Å². The van der Waals surface area contributed by atoms with Crippen molar-refractivity contribution >= 4 is 123 Å². The van der Waals surface area contributed by atoms with E-state index in [1.54, 1.807) is 0 Å². The van der Waals surface area contributed by atoms with Gasteiger partial charge in [0, 0.05) is 42.7 Å². The maximum Gasteiger partial charge on any atom is 0.385 e. The number of rotatable bonds is 4. The van der Waals surface area contributed by atoms with Gasteiger partial charge in [-0.25, -0.2) is 34.6 Å². The first-order valence-electron chi connectivity index (χ1n) is 5.40. The van der Waals surface area contributed by atoms with Crippen LogP contribution in [-0.2, 0) is 68.3 Å². The Morgan fingerprint density at radius 2 is 0.912 bits per heavy atom. The molecule has 0 saturated carbocycles. The Morgan fingerprint density at radius 3 is 0.912 bits per heavy atom. The molecular formula is C3H16Cl5F2N3O14S7. The van der Waals surface area contributed by atoms with Crippen LogP contribution >= 0.6 is 55.1 Å². The zero-order valence-corrected chi connectivity index (χ0v) is 25.5. The van der Waals surface area contributed by atoms with Crippen LogP contribution in [0.25, 0.3) is 0 Å². The molecule has 0 saturated heterocycles. The van der Waals surface area contributed by atoms with Gasteiger partial charge in [-0.05, 0) is 0 Å². The normalized spacial score (nSPS) is 11.6. The third-order valence-corrected chi connectivity index (χ3v) is 5.08. The molecule has 0 atom stereocenters. The SMILES string of the molecule is CS(=O)(=O)NS(=O)(=O)Cl.CS(=O)(=O)NS(=O)(=O)F.CS(N)(=O)=O.Cl.F.O=S(=O)(O)Cl.O=S(Cl)Cl. The molecule has 17 nitrogen and oxygen atoms in total. The van der Waals surface area contributed by atoms with Crippen LogP contribution in [0.3, 0.4) is 0 Å². The average molecular weight is 758 g/mol. The summed E-state index contributed by atoms with van der Waals surface area (Å²) < 4.78 is 145. The molecule has 0 aliphatic rings. The molecular weight excluding hydrogens is 742 g/mol. The molecule has 0 unspecified atom stereocenters. The van der Waals surface area contributed by atoms with Crippen molar-refractivity contribution < 1.29 is 67.9 Å². The Balaban J connectivity index is -0.0000000549. The zero-order valence-electron chi connectivity index (χ0n) is 15.9. The standard InChI is InChI=1S/CH4ClNO4S2.CH4FNO4S2.CH5NO2S.Cl2OS.ClHO3S.ClH.FH/c2*1-8(4,5)3-9(2,6)7;1-5(2,3)4;1-4(2)3;1-5(2,3)4;;/h2*3H,1H3;1H3,(H2,2,3,4);;(H,2,3,4);2*1H. The van der Waals surface area contributed by atoms with Crippen LogP contribution in [0.4, 0.5) is 8.59 Å². The summed E-state index contributed by atoms with van der Waals surface area (Å²) in [6.45, 7) is 0. The molecule has 0 bridgehead atoms. The van der Waals surface area contributed by atoms with Crippen LogP contribution in [0.2, 0.25) is 0 Å². The fraction of sp³-hybridized carbons (Fsp3) is 1.00. The second-order valence-electron chi connectivity index (χ2n) is 4.01. The second kappa shape index (κ2) is 21.0. The molecule has 31 heteroatoms. The van der Waals surface area contributed by atoms with Crippen LogP contribution in [0, 0.1) is 0 Å². The van der Waals surface area contributed by atoms with Gasteiger partial charge in [-0.15, -0.1) is 12.4 Å². The van der Waals surface area contributed by atoms with Crippen molar-refractivity contribution in [2.45, 2.75) is 0 Å². The van der Waals surface area contributed by atoms with Crippen LogP contribution in [0.15, 0.2) is 0 Å². The number of nitrogens with one attached hydrogen (secondary N) is 2. The first-order valence-corrected chi connectivity index (χ1v) is 19.9. The quantitative estimate of drug-likeness (QED) is 0.184. The summed E-state index contributed by atoms with van der Waals surface area (Å²) in [5.41, 5.74) is 0. The molecule has 0 rings (SSSR count). The summed E-state index contributed by atoms with van der Waals surface area (Å²) >= 11 is 0. The fourth-order valence-corrected chi connectivity index (χ4v) is 4.28. The maximum atomic E-state index is 11.4. The number of nitrogens with two attached hydrogens (primary N) is 1. The fourth-order valence-electron chi connectivity index (χ4n) is 0.362. The van der Waals surface area contributed by atoms with E-state index in [0.717, 1.165) is 10.4 Å². The van der Waals surface area contributed by atoms with Gasteiger partial charge in [0.25, 0.3) is 0 Å². The predicted molar refractivity (Wildman–Crippen MR) is 127 cm³/mol. The highest BCUT2D eigenvalue weighted by Gasteiger charge is 2.13. The maximum absolute atomic E-state index is 11.4. The van der Waals surface area contributed by atoms with Crippen molar-refractivity contribution in [2.75, 3.05) is 18.8 Å². The van der Waals surface area contributed by atoms with Gasteiger partial charge < -0.3 is 0 Å². The van der Waals surface area contributed by atoms with Gasteiger partial charge >= 0.3 is 29.0 Å². The highest BCUT2D eigenvalue weighted by molar-refractivity contribution is 8.26. The molecule has 0 aliphatic heterocycles. The molecule has 0 aromatic heterocycles. The summed E-state index contributed by atoms with van der Waals surface area (Å²) in [6, 6.07) is 0. The van der Waals surface area contributed by atoms with E-state index in [4.69, 9.17) is 17.2 Å². The van der Waals surface area contributed by atoms with Crippen LogP contribution in [0.5, 0.6) is 0 Å². The molecule has 0 amide bonds. The minimum absolute atomic E-state index is 0. The van der Waals surface area contributed by atoms with Gasteiger partial charge in [0.05, 0.1) is 18.8 Å². The molecule has 0 aromatic carbocycles. The van der Waals surface area contributed by atoms with Gasteiger partial charge in [-0.3, -0.25) is 9.26 Å². The van der Waals surface area contributed by atoms with E-state index >= 15 is 0 Å². The molecule has 0 spiro atoms. The Kier molecular flexibility index (Phi) is 31.9. The van der Waals surface area contributed by atoms with Crippen molar-refractivity contribution in [3.8, 4) is 0 Å². The molecule has 0 heterocycles. The molecule has 0 radical (unpaired) electrons. The third kappa shape index (κ3) is 200. The Hall–Kier alpha value is 1.000. The number of hydrogen-bond donors (Lipinski definition) is 4. The summed E-state index contributed by atoms with van der Waals surface area (Å²) in [5, 5.41) is 4.33. The van der Waals surface area contributed by atoms with Gasteiger partial charge in [0.15, 0.2) is 0 Å². The highest BCUT2D eigenvalue weighted by atomic mass is 36.0. The van der Waals surface area contributed by atoms with E-state index in [0.29, 0.717) is 12.5 Å². The molecule has 0 aromatic rings. The van der Waals surface area contributed by atoms with Crippen molar-refractivity contribution in [2.24, 2.45) is 5.14 Å². The Labute approximate surface area is 221 Å². The predicted octanol–water partition coefficient (Wildman–Crippen LogP) is -1.68. The van der Waals surface area contributed by atoms with Gasteiger partial charge in [0.1, 0.15) is 0 Å². The summed E-state index contributed by atoms with van der Waals surface area (Å²) in [7, 11) is -8.46. The summed E-state index contributed by atoms with van der Waals surface area (Å²) in [4.78, 5) is 0. The topological polar surface area (TPSA) is 292 Å². The number of halogens is 7. The largest absolute Gasteiger partial charge is 0.385 e. The first-order chi connectivity index (χ1) is 13.1. The molecule has 0 aliphatic carbocycles. The summed E-state index contributed by atoms with van der Waals surface area (Å²) in [5.74, 6) is 0. The monoisotopic (exact) mass is 755 g/mol. The molecule has 0 fully saturated rings. The van der Waals surface area contributed by atoms with E-state index in [-0.39, 0.29) is 17.1 Å². The lowest BCUT2D eigenvalue weighted by Crippen LogP contribution is -2.25. The van der Waals surface area contributed by atoms with E-state index in [1.807, 2.05) is 0 Å². The lowest BCUT2D eigenvalue weighted by Gasteiger charge is -1.92. The number of sulfonamides is 3. The number of primary sulfonamides is 1. The third-order valence-electron chi connectivity index (χ3n) is 0.502. The smallest absolute Gasteiger partial charge is 0.273 e. The Bertz CT molecular complexity index is 1040. The summed E-state index contributed by atoms with van der Waals surface area (Å²) in [6.07, 6.45) is 2.16. The van der Waals surface area contributed by atoms with Crippen LogP contribution < -0.4 is 13.4 Å². The van der Waals surface area contributed by atoms with E-state index < -0.39 is 68.3 Å². The van der Waals surface area contributed by atoms with E-state index in [1.165, 1.54) is 4.13 Å². The second-order valence-corrected chi connectivity index (χ2v) is 17.6. The average Bonchev–Trinajstić information content (AvgIpc) is 2.09. The lowest BCUT2D eigenvalue weighted by molar-refractivity contribution is 0.501. The van der Waals surface area contributed by atoms with Crippen molar-refractivity contribution in [1.82, 2.24) is 8.25 Å². The molecule has 5 N–H and O–H groups in total. The van der Waals surface area contributed by atoms with Crippen LogP contribution in [0.1, 0.15) is 0 Å². The van der Waals surface area contributed by atoms with Gasteiger partial charge in [-0.1, -0.05) is 12.1 Å². The van der Waals surface area contributed by atoms with Crippen molar-refractivity contribution in [3.63, 3.8) is 0 Å². The van der Waals surface area contributed by atoms with E-state index in [9.17, 15) is 46.0 Å². The van der Waals surface area contributed by atoms with Crippen LogP contribution in [-0.4, -0.2) is 78.0 Å². The zero-order chi connectivity index (χ0) is 28.0. The van der Waals surface area contributed by atoms with Gasteiger partial charge in [0.2, 0.25) is 39.3 Å². The molecule has 218 valence electrons. The van der Waals surface area contributed by atoms with Crippen molar-refractivity contribution in [3.05, 3.63) is 0 Å².